The number of benzene rings is 1. The van der Waals surface area contributed by atoms with Gasteiger partial charge in [-0.05, 0) is 30.3 Å². The molecule has 0 radical (unpaired) electrons. The average molecular weight is 388 g/mol. The van der Waals surface area contributed by atoms with E-state index in [1.165, 1.54) is 6.08 Å². The van der Waals surface area contributed by atoms with Gasteiger partial charge in [-0.15, -0.1) is 0 Å². The summed E-state index contributed by atoms with van der Waals surface area (Å²) in [5.74, 6) is 1.35. The predicted molar refractivity (Wildman–Crippen MR) is 106 cm³/mol. The van der Waals surface area contributed by atoms with Crippen molar-refractivity contribution in [1.82, 2.24) is 10.3 Å². The molecule has 1 aromatic carbocycles. The van der Waals surface area contributed by atoms with Crippen molar-refractivity contribution in [2.45, 2.75) is 6.54 Å². The van der Waals surface area contributed by atoms with Gasteiger partial charge in [0, 0.05) is 48.1 Å². The second-order valence-electron chi connectivity index (χ2n) is 6.02. The third kappa shape index (κ3) is 5.21. The number of anilines is 1. The summed E-state index contributed by atoms with van der Waals surface area (Å²) < 4.78 is 10.7. The SMILES string of the molecule is COc1ccc(Cl)cc1C=CC(=O)NCc1cccnc1N1CCOCC1. The molecule has 27 heavy (non-hydrogen) atoms. The van der Waals surface area contributed by atoms with Crippen molar-refractivity contribution in [2.24, 2.45) is 0 Å². The van der Waals surface area contributed by atoms with Crippen LogP contribution in [-0.4, -0.2) is 44.3 Å². The number of ether oxygens (including phenoxy) is 2. The number of amides is 1. The molecule has 0 spiro atoms. The first-order valence-electron chi connectivity index (χ1n) is 8.73. The molecule has 1 fully saturated rings. The summed E-state index contributed by atoms with van der Waals surface area (Å²) in [7, 11) is 1.58. The van der Waals surface area contributed by atoms with E-state index in [-0.39, 0.29) is 5.91 Å². The normalized spacial score (nSPS) is 14.4. The van der Waals surface area contributed by atoms with Crippen molar-refractivity contribution in [2.75, 3.05) is 38.3 Å². The van der Waals surface area contributed by atoms with Gasteiger partial charge in [0.25, 0.3) is 0 Å². The van der Waals surface area contributed by atoms with Crippen molar-refractivity contribution in [3.05, 3.63) is 58.8 Å². The molecule has 0 saturated carbocycles. The van der Waals surface area contributed by atoms with Crippen LogP contribution in [-0.2, 0) is 16.1 Å². The van der Waals surface area contributed by atoms with E-state index in [0.717, 1.165) is 30.0 Å². The molecular weight excluding hydrogens is 366 g/mol. The lowest BCUT2D eigenvalue weighted by atomic mass is 10.2. The number of nitrogens with one attached hydrogen (secondary N) is 1. The van der Waals surface area contributed by atoms with Gasteiger partial charge in [0.15, 0.2) is 0 Å². The van der Waals surface area contributed by atoms with Crippen LogP contribution in [0.3, 0.4) is 0 Å². The first-order chi connectivity index (χ1) is 13.2. The number of pyridine rings is 1. The molecule has 0 bridgehead atoms. The standard InChI is InChI=1S/C20H22ClN3O3/c1-26-18-6-5-17(21)13-15(18)4-7-19(25)23-14-16-3-2-8-22-20(16)24-9-11-27-12-10-24/h2-8,13H,9-12,14H2,1H3,(H,23,25). The first-order valence-corrected chi connectivity index (χ1v) is 9.11. The van der Waals surface area contributed by atoms with Crippen molar-refractivity contribution < 1.29 is 14.3 Å². The highest BCUT2D eigenvalue weighted by Crippen LogP contribution is 2.23. The molecule has 6 nitrogen and oxygen atoms in total. The summed E-state index contributed by atoms with van der Waals surface area (Å²) in [5, 5.41) is 3.49. The van der Waals surface area contributed by atoms with Crippen LogP contribution in [0.5, 0.6) is 5.75 Å². The van der Waals surface area contributed by atoms with Gasteiger partial charge < -0.3 is 19.7 Å². The lowest BCUT2D eigenvalue weighted by molar-refractivity contribution is -0.116. The first kappa shape index (κ1) is 19.2. The third-order valence-electron chi connectivity index (χ3n) is 4.24. The molecule has 1 aliphatic rings. The fraction of sp³-hybridized carbons (Fsp3) is 0.300. The van der Waals surface area contributed by atoms with Crippen molar-refractivity contribution >= 4 is 29.4 Å². The number of morpholine rings is 1. The fourth-order valence-corrected chi connectivity index (χ4v) is 3.05. The highest BCUT2D eigenvalue weighted by atomic mass is 35.5. The predicted octanol–water partition coefficient (Wildman–Crippen LogP) is 2.91. The second kappa shape index (κ2) is 9.39. The Bertz CT molecular complexity index is 820. The van der Waals surface area contributed by atoms with Gasteiger partial charge in [-0.2, -0.15) is 0 Å². The Morgan fingerprint density at radius 1 is 1.37 bits per heavy atom. The van der Waals surface area contributed by atoms with Gasteiger partial charge in [0.05, 0.1) is 20.3 Å². The van der Waals surface area contributed by atoms with E-state index in [1.54, 1.807) is 37.6 Å². The molecule has 142 valence electrons. The zero-order valence-corrected chi connectivity index (χ0v) is 15.9. The largest absolute Gasteiger partial charge is 0.496 e. The molecule has 1 aromatic heterocycles. The van der Waals surface area contributed by atoms with Crippen LogP contribution in [0.15, 0.2) is 42.6 Å². The number of halogens is 1. The van der Waals surface area contributed by atoms with E-state index in [9.17, 15) is 4.79 Å². The highest BCUT2D eigenvalue weighted by molar-refractivity contribution is 6.30. The Labute approximate surface area is 163 Å². The minimum Gasteiger partial charge on any atom is -0.496 e. The van der Waals surface area contributed by atoms with E-state index >= 15 is 0 Å². The number of hydrogen-bond donors (Lipinski definition) is 1. The molecule has 1 aliphatic heterocycles. The summed E-state index contributed by atoms with van der Waals surface area (Å²) in [6, 6.07) is 9.11. The maximum absolute atomic E-state index is 12.2. The third-order valence-corrected chi connectivity index (χ3v) is 4.47. The van der Waals surface area contributed by atoms with E-state index < -0.39 is 0 Å². The molecule has 2 aromatic rings. The smallest absolute Gasteiger partial charge is 0.244 e. The van der Waals surface area contributed by atoms with E-state index in [2.05, 4.69) is 15.2 Å². The van der Waals surface area contributed by atoms with Crippen LogP contribution < -0.4 is 15.0 Å². The van der Waals surface area contributed by atoms with E-state index in [4.69, 9.17) is 21.1 Å². The number of carbonyl (C=O) groups is 1. The van der Waals surface area contributed by atoms with Crippen LogP contribution in [0, 0.1) is 0 Å². The molecule has 1 N–H and O–H groups in total. The average Bonchev–Trinajstić information content (AvgIpc) is 2.71. The van der Waals surface area contributed by atoms with Crippen LogP contribution in [0.1, 0.15) is 11.1 Å². The quantitative estimate of drug-likeness (QED) is 0.772. The highest BCUT2D eigenvalue weighted by Gasteiger charge is 2.15. The van der Waals surface area contributed by atoms with Crippen LogP contribution in [0.25, 0.3) is 6.08 Å². The minimum absolute atomic E-state index is 0.200. The maximum Gasteiger partial charge on any atom is 0.244 e. The Hall–Kier alpha value is -2.57. The Morgan fingerprint density at radius 3 is 2.96 bits per heavy atom. The minimum atomic E-state index is -0.200. The van der Waals surface area contributed by atoms with E-state index in [1.807, 2.05) is 12.1 Å². The topological polar surface area (TPSA) is 63.7 Å². The lowest BCUT2D eigenvalue weighted by Crippen LogP contribution is -2.37. The molecular formula is C20H22ClN3O3. The van der Waals surface area contributed by atoms with Gasteiger partial charge in [0.2, 0.25) is 5.91 Å². The summed E-state index contributed by atoms with van der Waals surface area (Å²) in [6.45, 7) is 3.37. The monoisotopic (exact) mass is 387 g/mol. The molecule has 2 heterocycles. The molecule has 3 rings (SSSR count). The number of methoxy groups -OCH3 is 1. The zero-order valence-electron chi connectivity index (χ0n) is 15.2. The summed E-state index contributed by atoms with van der Waals surface area (Å²) >= 11 is 6.01. The Morgan fingerprint density at radius 2 is 2.19 bits per heavy atom. The summed E-state index contributed by atoms with van der Waals surface area (Å²) in [6.07, 6.45) is 4.92. The van der Waals surface area contributed by atoms with Gasteiger partial charge in [0.1, 0.15) is 11.6 Å². The van der Waals surface area contributed by atoms with Crippen LogP contribution in [0.4, 0.5) is 5.82 Å². The fourth-order valence-electron chi connectivity index (χ4n) is 2.87. The Kier molecular flexibility index (Phi) is 6.68. The number of hydrogen-bond acceptors (Lipinski definition) is 5. The van der Waals surface area contributed by atoms with Crippen LogP contribution in [0.2, 0.25) is 5.02 Å². The molecule has 1 saturated heterocycles. The number of nitrogens with zero attached hydrogens (tertiary/aromatic N) is 2. The molecule has 7 heteroatoms. The molecule has 0 unspecified atom stereocenters. The van der Waals surface area contributed by atoms with Gasteiger partial charge in [-0.25, -0.2) is 4.98 Å². The van der Waals surface area contributed by atoms with Gasteiger partial charge in [-0.1, -0.05) is 17.7 Å². The Balaban J connectivity index is 1.64. The molecule has 0 aliphatic carbocycles. The lowest BCUT2D eigenvalue weighted by Gasteiger charge is -2.29. The maximum atomic E-state index is 12.2. The summed E-state index contributed by atoms with van der Waals surface area (Å²) in [4.78, 5) is 18.9. The number of aromatic nitrogens is 1. The van der Waals surface area contributed by atoms with Crippen LogP contribution >= 0.6 is 11.6 Å². The second-order valence-corrected chi connectivity index (χ2v) is 6.46. The van der Waals surface area contributed by atoms with Gasteiger partial charge >= 0.3 is 0 Å². The zero-order chi connectivity index (χ0) is 19.1. The van der Waals surface area contributed by atoms with Gasteiger partial charge in [-0.3, -0.25) is 4.79 Å². The summed E-state index contributed by atoms with van der Waals surface area (Å²) in [5.41, 5.74) is 1.72. The number of rotatable bonds is 6. The number of carbonyl (C=O) groups excluding carboxylic acids is 1. The molecule has 0 atom stereocenters. The van der Waals surface area contributed by atoms with Crippen molar-refractivity contribution in [3.8, 4) is 5.75 Å². The van der Waals surface area contributed by atoms with E-state index in [0.29, 0.717) is 30.5 Å². The van der Waals surface area contributed by atoms with Crippen molar-refractivity contribution in [3.63, 3.8) is 0 Å². The molecule has 1 amide bonds. The van der Waals surface area contributed by atoms with Crippen molar-refractivity contribution in [1.29, 1.82) is 0 Å².